The average Bonchev–Trinajstić information content (AvgIpc) is 2.42. The fraction of sp³-hybridized carbons (Fsp3) is 0.500. The van der Waals surface area contributed by atoms with Crippen LogP contribution in [0.15, 0.2) is 36.4 Å². The summed E-state index contributed by atoms with van der Waals surface area (Å²) in [4.78, 5) is 0. The molecule has 1 aliphatic carbocycles. The van der Waals surface area contributed by atoms with E-state index in [1.807, 2.05) is 12.1 Å². The quantitative estimate of drug-likeness (QED) is 0.757. The van der Waals surface area contributed by atoms with Crippen molar-refractivity contribution >= 4 is 11.6 Å². The molecule has 2 atom stereocenters. The molecule has 0 saturated carbocycles. The molecule has 2 rings (SSSR count). The zero-order chi connectivity index (χ0) is 12.8. The van der Waals surface area contributed by atoms with Crippen molar-refractivity contribution in [2.24, 2.45) is 5.92 Å². The summed E-state index contributed by atoms with van der Waals surface area (Å²) in [6.45, 7) is 3.35. The van der Waals surface area contributed by atoms with Gasteiger partial charge in [0.25, 0.3) is 0 Å². The van der Waals surface area contributed by atoms with E-state index in [9.17, 15) is 0 Å². The summed E-state index contributed by atoms with van der Waals surface area (Å²) in [7, 11) is 0. The Morgan fingerprint density at radius 2 is 2.06 bits per heavy atom. The van der Waals surface area contributed by atoms with Gasteiger partial charge in [-0.15, -0.1) is 0 Å². The first-order valence-corrected chi connectivity index (χ1v) is 7.31. The van der Waals surface area contributed by atoms with Crippen LogP contribution in [0, 0.1) is 5.92 Å². The van der Waals surface area contributed by atoms with Crippen molar-refractivity contribution in [3.05, 3.63) is 47.0 Å². The molecule has 2 heteroatoms. The van der Waals surface area contributed by atoms with Gasteiger partial charge in [0.1, 0.15) is 0 Å². The molecule has 1 N–H and O–H groups in total. The van der Waals surface area contributed by atoms with Crippen molar-refractivity contribution < 1.29 is 0 Å². The first kappa shape index (κ1) is 13.6. The summed E-state index contributed by atoms with van der Waals surface area (Å²) in [5.41, 5.74) is 1.34. The van der Waals surface area contributed by atoms with Gasteiger partial charge in [-0.1, -0.05) is 42.8 Å². The Kier molecular flexibility index (Phi) is 5.27. The Bertz CT molecular complexity index is 383. The summed E-state index contributed by atoms with van der Waals surface area (Å²) in [5, 5.41) is 4.51. The van der Waals surface area contributed by atoms with Crippen LogP contribution in [0.1, 0.15) is 44.2 Å². The molecule has 0 aliphatic heterocycles. The molecule has 0 aromatic heterocycles. The molecule has 18 heavy (non-hydrogen) atoms. The minimum atomic E-state index is 0.452. The summed E-state index contributed by atoms with van der Waals surface area (Å²) < 4.78 is 0. The summed E-state index contributed by atoms with van der Waals surface area (Å²) in [5.74, 6) is 0.802. The first-order chi connectivity index (χ1) is 8.79. The van der Waals surface area contributed by atoms with Crippen LogP contribution >= 0.6 is 11.6 Å². The lowest BCUT2D eigenvalue weighted by molar-refractivity contribution is 0.401. The van der Waals surface area contributed by atoms with Crippen LogP contribution in [0.5, 0.6) is 0 Å². The van der Waals surface area contributed by atoms with Crippen LogP contribution in [0.4, 0.5) is 0 Å². The van der Waals surface area contributed by atoms with E-state index in [2.05, 4.69) is 36.5 Å². The molecule has 0 saturated heterocycles. The van der Waals surface area contributed by atoms with Gasteiger partial charge in [0.15, 0.2) is 0 Å². The fourth-order valence-electron chi connectivity index (χ4n) is 2.54. The minimum Gasteiger partial charge on any atom is -0.310 e. The second kappa shape index (κ2) is 6.96. The zero-order valence-corrected chi connectivity index (χ0v) is 11.8. The Morgan fingerprint density at radius 3 is 2.67 bits per heavy atom. The second-order valence-corrected chi connectivity index (χ2v) is 5.51. The molecule has 0 radical (unpaired) electrons. The molecule has 1 aliphatic rings. The summed E-state index contributed by atoms with van der Waals surface area (Å²) in [6, 6.07) is 8.66. The van der Waals surface area contributed by atoms with Crippen LogP contribution in [-0.4, -0.2) is 6.54 Å². The van der Waals surface area contributed by atoms with Gasteiger partial charge in [-0.25, -0.2) is 0 Å². The number of nitrogens with one attached hydrogen (secondary N) is 1. The Balaban J connectivity index is 1.88. The summed E-state index contributed by atoms with van der Waals surface area (Å²) in [6.07, 6.45) is 9.52. The first-order valence-electron chi connectivity index (χ1n) is 6.93. The molecule has 0 fully saturated rings. The highest BCUT2D eigenvalue weighted by molar-refractivity contribution is 6.30. The largest absolute Gasteiger partial charge is 0.310 e. The van der Waals surface area contributed by atoms with Gasteiger partial charge < -0.3 is 5.32 Å². The minimum absolute atomic E-state index is 0.452. The third-order valence-electron chi connectivity index (χ3n) is 3.71. The number of rotatable bonds is 5. The third kappa shape index (κ3) is 3.86. The lowest BCUT2D eigenvalue weighted by atomic mass is 9.93. The van der Waals surface area contributed by atoms with Crippen molar-refractivity contribution in [2.45, 2.75) is 38.6 Å². The number of benzene rings is 1. The van der Waals surface area contributed by atoms with Crippen molar-refractivity contribution in [3.63, 3.8) is 0 Å². The van der Waals surface area contributed by atoms with E-state index in [4.69, 9.17) is 11.6 Å². The molecule has 0 amide bonds. The molecular weight excluding hydrogens is 242 g/mol. The Labute approximate surface area is 115 Å². The van der Waals surface area contributed by atoms with E-state index in [1.54, 1.807) is 0 Å². The average molecular weight is 264 g/mol. The van der Waals surface area contributed by atoms with E-state index in [-0.39, 0.29) is 0 Å². The molecule has 0 spiro atoms. The van der Waals surface area contributed by atoms with E-state index < -0.39 is 0 Å². The lowest BCUT2D eigenvalue weighted by Crippen LogP contribution is -2.27. The Morgan fingerprint density at radius 1 is 1.28 bits per heavy atom. The van der Waals surface area contributed by atoms with Crippen molar-refractivity contribution in [1.82, 2.24) is 5.32 Å². The maximum Gasteiger partial charge on any atom is 0.0406 e. The summed E-state index contributed by atoms with van der Waals surface area (Å²) >= 11 is 5.93. The van der Waals surface area contributed by atoms with Crippen molar-refractivity contribution in [1.29, 1.82) is 0 Å². The number of halogens is 1. The predicted molar refractivity (Wildman–Crippen MR) is 79.0 cm³/mol. The normalized spacial score (nSPS) is 20.9. The van der Waals surface area contributed by atoms with E-state index >= 15 is 0 Å². The van der Waals surface area contributed by atoms with Crippen LogP contribution in [0.2, 0.25) is 5.02 Å². The van der Waals surface area contributed by atoms with Crippen LogP contribution in [-0.2, 0) is 0 Å². The number of hydrogen-bond donors (Lipinski definition) is 1. The fourth-order valence-corrected chi connectivity index (χ4v) is 2.67. The van der Waals surface area contributed by atoms with Gasteiger partial charge in [-0.2, -0.15) is 0 Å². The van der Waals surface area contributed by atoms with Crippen molar-refractivity contribution in [2.75, 3.05) is 6.54 Å². The smallest absolute Gasteiger partial charge is 0.0406 e. The highest BCUT2D eigenvalue weighted by atomic mass is 35.5. The number of allylic oxidation sites excluding steroid dienone is 2. The van der Waals surface area contributed by atoms with Gasteiger partial charge >= 0.3 is 0 Å². The highest BCUT2D eigenvalue weighted by Crippen LogP contribution is 2.22. The van der Waals surface area contributed by atoms with Crippen LogP contribution in [0.25, 0.3) is 0 Å². The molecule has 98 valence electrons. The maximum atomic E-state index is 5.93. The molecule has 1 aromatic carbocycles. The van der Waals surface area contributed by atoms with Crippen LogP contribution in [0.3, 0.4) is 0 Å². The predicted octanol–water partition coefficient (Wildman–Crippen LogP) is 4.74. The van der Waals surface area contributed by atoms with E-state index in [1.165, 1.54) is 24.8 Å². The molecule has 2 unspecified atom stereocenters. The van der Waals surface area contributed by atoms with Gasteiger partial charge in [0, 0.05) is 11.1 Å². The lowest BCUT2D eigenvalue weighted by Gasteiger charge is -2.23. The van der Waals surface area contributed by atoms with Gasteiger partial charge in [0.05, 0.1) is 0 Å². The Hall–Kier alpha value is -0.790. The molecule has 0 heterocycles. The zero-order valence-electron chi connectivity index (χ0n) is 11.0. The van der Waals surface area contributed by atoms with E-state index in [0.717, 1.165) is 23.9 Å². The van der Waals surface area contributed by atoms with E-state index in [0.29, 0.717) is 6.04 Å². The van der Waals surface area contributed by atoms with Gasteiger partial charge in [-0.3, -0.25) is 0 Å². The van der Waals surface area contributed by atoms with Crippen LogP contribution < -0.4 is 5.32 Å². The number of hydrogen-bond acceptors (Lipinski definition) is 1. The molecular formula is C16H22ClN. The van der Waals surface area contributed by atoms with Crippen molar-refractivity contribution in [3.8, 4) is 0 Å². The SMILES string of the molecule is CCC(NCC1CC=CCC1)c1ccc(Cl)cc1. The molecule has 1 nitrogen and oxygen atoms in total. The molecule has 1 aromatic rings. The second-order valence-electron chi connectivity index (χ2n) is 5.07. The monoisotopic (exact) mass is 263 g/mol. The third-order valence-corrected chi connectivity index (χ3v) is 3.96. The standard InChI is InChI=1S/C16H22ClN/c1-2-16(14-8-10-15(17)11-9-14)18-12-13-6-4-3-5-7-13/h3-4,8-11,13,16,18H,2,5-7,12H2,1H3. The highest BCUT2D eigenvalue weighted by Gasteiger charge is 2.13. The maximum absolute atomic E-state index is 5.93. The molecule has 0 bridgehead atoms. The van der Waals surface area contributed by atoms with Gasteiger partial charge in [-0.05, 0) is 55.8 Å². The topological polar surface area (TPSA) is 12.0 Å². The van der Waals surface area contributed by atoms with Gasteiger partial charge in [0.2, 0.25) is 0 Å².